The van der Waals surface area contributed by atoms with Gasteiger partial charge in [-0.3, -0.25) is 4.79 Å². The van der Waals surface area contributed by atoms with Crippen molar-refractivity contribution >= 4 is 5.91 Å². The van der Waals surface area contributed by atoms with Crippen molar-refractivity contribution in [1.29, 1.82) is 0 Å². The first kappa shape index (κ1) is 15.7. The van der Waals surface area contributed by atoms with E-state index >= 15 is 0 Å². The first-order valence-corrected chi connectivity index (χ1v) is 8.07. The third kappa shape index (κ3) is 3.01. The SMILES string of the molecule is CCn1cnnc1[C@@H]1CN(C(=O)c2cccn2C(C)C)CCO1. The lowest BCUT2D eigenvalue weighted by Gasteiger charge is -2.33. The molecule has 3 heterocycles. The van der Waals surface area contributed by atoms with Gasteiger partial charge in [-0.1, -0.05) is 0 Å². The lowest BCUT2D eigenvalue weighted by atomic mass is 10.2. The van der Waals surface area contributed by atoms with Crippen molar-refractivity contribution in [2.75, 3.05) is 19.7 Å². The average molecular weight is 317 g/mol. The van der Waals surface area contributed by atoms with Crippen LogP contribution in [-0.2, 0) is 11.3 Å². The number of ether oxygens (including phenoxy) is 1. The fourth-order valence-electron chi connectivity index (χ4n) is 2.93. The molecule has 2 aromatic rings. The summed E-state index contributed by atoms with van der Waals surface area (Å²) in [7, 11) is 0. The van der Waals surface area contributed by atoms with Crippen molar-refractivity contribution in [1.82, 2.24) is 24.2 Å². The summed E-state index contributed by atoms with van der Waals surface area (Å²) < 4.78 is 9.77. The maximum atomic E-state index is 12.9. The average Bonchev–Trinajstić information content (AvgIpc) is 3.23. The molecule has 1 saturated heterocycles. The molecule has 7 heteroatoms. The molecule has 23 heavy (non-hydrogen) atoms. The normalized spacial score (nSPS) is 18.6. The minimum absolute atomic E-state index is 0.0413. The Labute approximate surface area is 135 Å². The van der Waals surface area contributed by atoms with Gasteiger partial charge in [-0.2, -0.15) is 0 Å². The van der Waals surface area contributed by atoms with Crippen molar-refractivity contribution in [3.8, 4) is 0 Å². The van der Waals surface area contributed by atoms with Crippen LogP contribution in [0.4, 0.5) is 0 Å². The number of rotatable bonds is 4. The van der Waals surface area contributed by atoms with Crippen LogP contribution in [-0.4, -0.2) is 49.8 Å². The van der Waals surface area contributed by atoms with Crippen LogP contribution in [0.5, 0.6) is 0 Å². The smallest absolute Gasteiger partial charge is 0.270 e. The quantitative estimate of drug-likeness (QED) is 0.864. The molecule has 1 amide bonds. The molecule has 1 aliphatic rings. The molecule has 1 atom stereocenters. The second-order valence-corrected chi connectivity index (χ2v) is 5.98. The van der Waals surface area contributed by atoms with Gasteiger partial charge in [-0.05, 0) is 32.9 Å². The Morgan fingerprint density at radius 3 is 3.04 bits per heavy atom. The summed E-state index contributed by atoms with van der Waals surface area (Å²) in [5.74, 6) is 0.823. The van der Waals surface area contributed by atoms with E-state index in [2.05, 4.69) is 24.0 Å². The van der Waals surface area contributed by atoms with Crippen molar-refractivity contribution in [3.05, 3.63) is 36.2 Å². The van der Waals surface area contributed by atoms with Crippen molar-refractivity contribution in [3.63, 3.8) is 0 Å². The maximum Gasteiger partial charge on any atom is 0.270 e. The Morgan fingerprint density at radius 1 is 1.48 bits per heavy atom. The van der Waals surface area contributed by atoms with Gasteiger partial charge in [0.15, 0.2) is 5.82 Å². The summed E-state index contributed by atoms with van der Waals surface area (Å²) >= 11 is 0. The van der Waals surface area contributed by atoms with Crippen LogP contribution in [0.1, 0.15) is 49.2 Å². The molecule has 0 bridgehead atoms. The van der Waals surface area contributed by atoms with E-state index in [1.807, 2.05) is 39.3 Å². The first-order valence-electron chi connectivity index (χ1n) is 8.07. The summed E-state index contributed by atoms with van der Waals surface area (Å²) in [5, 5.41) is 8.11. The topological polar surface area (TPSA) is 65.2 Å². The predicted molar refractivity (Wildman–Crippen MR) is 85.1 cm³/mol. The van der Waals surface area contributed by atoms with Crippen molar-refractivity contribution < 1.29 is 9.53 Å². The van der Waals surface area contributed by atoms with E-state index in [1.165, 1.54) is 0 Å². The highest BCUT2D eigenvalue weighted by atomic mass is 16.5. The zero-order valence-corrected chi connectivity index (χ0v) is 13.8. The molecule has 0 radical (unpaired) electrons. The molecular formula is C16H23N5O2. The Bertz CT molecular complexity index is 676. The van der Waals surface area contributed by atoms with E-state index in [0.717, 1.165) is 18.1 Å². The fraction of sp³-hybridized carbons (Fsp3) is 0.562. The third-order valence-corrected chi connectivity index (χ3v) is 4.18. The second-order valence-electron chi connectivity index (χ2n) is 5.98. The van der Waals surface area contributed by atoms with E-state index < -0.39 is 0 Å². The highest BCUT2D eigenvalue weighted by Gasteiger charge is 2.30. The number of hydrogen-bond donors (Lipinski definition) is 0. The number of aryl methyl sites for hydroxylation is 1. The molecule has 0 saturated carbocycles. The molecule has 0 aromatic carbocycles. The number of carbonyl (C=O) groups is 1. The Morgan fingerprint density at radius 2 is 2.30 bits per heavy atom. The van der Waals surface area contributed by atoms with Crippen LogP contribution >= 0.6 is 0 Å². The zero-order valence-electron chi connectivity index (χ0n) is 13.8. The first-order chi connectivity index (χ1) is 11.1. The van der Waals surface area contributed by atoms with E-state index in [9.17, 15) is 4.79 Å². The summed E-state index contributed by atoms with van der Waals surface area (Å²) in [6, 6.07) is 4.05. The predicted octanol–water partition coefficient (Wildman–Crippen LogP) is 1.89. The Balaban J connectivity index is 1.78. The number of morpholine rings is 1. The highest BCUT2D eigenvalue weighted by molar-refractivity contribution is 5.93. The van der Waals surface area contributed by atoms with Gasteiger partial charge in [0.1, 0.15) is 18.1 Å². The van der Waals surface area contributed by atoms with Gasteiger partial charge in [-0.25, -0.2) is 0 Å². The minimum Gasteiger partial charge on any atom is -0.366 e. The molecule has 1 fully saturated rings. The highest BCUT2D eigenvalue weighted by Crippen LogP contribution is 2.22. The fourth-order valence-corrected chi connectivity index (χ4v) is 2.93. The van der Waals surface area contributed by atoms with Gasteiger partial charge in [0.05, 0.1) is 13.2 Å². The van der Waals surface area contributed by atoms with E-state index in [-0.39, 0.29) is 18.1 Å². The number of carbonyl (C=O) groups excluding carboxylic acids is 1. The Hall–Kier alpha value is -2.15. The van der Waals surface area contributed by atoms with Gasteiger partial charge < -0.3 is 18.8 Å². The zero-order chi connectivity index (χ0) is 16.4. The number of amides is 1. The standard InChI is InChI=1S/C16H23N5O2/c1-4-19-11-17-18-15(19)14-10-20(8-9-23-14)16(22)13-6-5-7-21(13)12(2)3/h5-7,11-12,14H,4,8-10H2,1-3H3/t14-/m0/s1. The lowest BCUT2D eigenvalue weighted by Crippen LogP contribution is -2.43. The summed E-state index contributed by atoms with van der Waals surface area (Å²) in [4.78, 5) is 14.7. The van der Waals surface area contributed by atoms with E-state index in [0.29, 0.717) is 19.7 Å². The second kappa shape index (κ2) is 6.54. The van der Waals surface area contributed by atoms with Gasteiger partial charge in [0, 0.05) is 25.3 Å². The van der Waals surface area contributed by atoms with Gasteiger partial charge in [-0.15, -0.1) is 10.2 Å². The number of nitrogens with zero attached hydrogens (tertiary/aromatic N) is 5. The van der Waals surface area contributed by atoms with Gasteiger partial charge in [0.25, 0.3) is 5.91 Å². The van der Waals surface area contributed by atoms with Gasteiger partial charge in [0.2, 0.25) is 0 Å². The molecular weight excluding hydrogens is 294 g/mol. The van der Waals surface area contributed by atoms with Crippen LogP contribution in [0.15, 0.2) is 24.7 Å². The molecule has 1 aliphatic heterocycles. The van der Waals surface area contributed by atoms with Crippen LogP contribution in [0.2, 0.25) is 0 Å². The summed E-state index contributed by atoms with van der Waals surface area (Å²) in [6.07, 6.45) is 3.42. The van der Waals surface area contributed by atoms with E-state index in [1.54, 1.807) is 6.33 Å². The summed E-state index contributed by atoms with van der Waals surface area (Å²) in [6.45, 7) is 8.57. The molecule has 0 aliphatic carbocycles. The molecule has 0 spiro atoms. The monoisotopic (exact) mass is 317 g/mol. The molecule has 2 aromatic heterocycles. The van der Waals surface area contributed by atoms with Crippen LogP contribution in [0.25, 0.3) is 0 Å². The molecule has 0 unspecified atom stereocenters. The number of hydrogen-bond acceptors (Lipinski definition) is 4. The largest absolute Gasteiger partial charge is 0.366 e. The van der Waals surface area contributed by atoms with E-state index in [4.69, 9.17) is 4.74 Å². The van der Waals surface area contributed by atoms with Crippen LogP contribution in [0, 0.1) is 0 Å². The summed E-state index contributed by atoms with van der Waals surface area (Å²) in [5.41, 5.74) is 0.720. The van der Waals surface area contributed by atoms with Gasteiger partial charge >= 0.3 is 0 Å². The van der Waals surface area contributed by atoms with Crippen LogP contribution < -0.4 is 0 Å². The lowest BCUT2D eigenvalue weighted by molar-refractivity contribution is -0.0287. The Kier molecular flexibility index (Phi) is 4.47. The van der Waals surface area contributed by atoms with Crippen molar-refractivity contribution in [2.45, 2.75) is 39.5 Å². The third-order valence-electron chi connectivity index (χ3n) is 4.18. The maximum absolute atomic E-state index is 12.9. The molecule has 3 rings (SSSR count). The molecule has 7 nitrogen and oxygen atoms in total. The van der Waals surface area contributed by atoms with Crippen LogP contribution in [0.3, 0.4) is 0 Å². The van der Waals surface area contributed by atoms with Crippen molar-refractivity contribution in [2.24, 2.45) is 0 Å². The molecule has 0 N–H and O–H groups in total. The number of aromatic nitrogens is 4. The molecule has 124 valence electrons. The minimum atomic E-state index is -0.224.